The van der Waals surface area contributed by atoms with Gasteiger partial charge in [-0.2, -0.15) is 0 Å². The molecule has 0 unspecified atom stereocenters. The number of hydrogen-bond acceptors (Lipinski definition) is 5. The molecule has 0 spiro atoms. The fraction of sp³-hybridized carbons (Fsp3) is 0.240. The van der Waals surface area contributed by atoms with E-state index in [2.05, 4.69) is 9.62 Å². The Hall–Kier alpha value is -3.59. The number of ether oxygens (including phenoxy) is 1. The number of para-hydroxylation sites is 3. The van der Waals surface area contributed by atoms with Gasteiger partial charge in [-0.15, -0.1) is 0 Å². The Morgan fingerprint density at radius 2 is 1.59 bits per heavy atom. The van der Waals surface area contributed by atoms with Crippen LogP contribution in [0.5, 0.6) is 5.75 Å². The van der Waals surface area contributed by atoms with Crippen molar-refractivity contribution >= 4 is 27.3 Å². The minimum Gasteiger partial charge on any atom is -0.492 e. The minimum atomic E-state index is -3.98. The molecule has 178 valence electrons. The summed E-state index contributed by atoms with van der Waals surface area (Å²) in [6.07, 6.45) is 0. The van der Waals surface area contributed by atoms with E-state index in [1.165, 1.54) is 12.1 Å². The average Bonchev–Trinajstić information content (AvgIpc) is 2.85. The van der Waals surface area contributed by atoms with Gasteiger partial charge in [0.1, 0.15) is 11.6 Å². The van der Waals surface area contributed by atoms with Crippen molar-refractivity contribution in [1.82, 2.24) is 4.90 Å². The zero-order chi connectivity index (χ0) is 24.1. The van der Waals surface area contributed by atoms with Crippen molar-refractivity contribution in [3.05, 3.63) is 84.2 Å². The second-order valence-corrected chi connectivity index (χ2v) is 9.47. The van der Waals surface area contributed by atoms with Crippen molar-refractivity contribution in [2.24, 2.45) is 0 Å². The lowest BCUT2D eigenvalue weighted by Gasteiger charge is -2.37. The van der Waals surface area contributed by atoms with Gasteiger partial charge in [-0.05, 0) is 55.5 Å². The van der Waals surface area contributed by atoms with Gasteiger partial charge in [0.25, 0.3) is 15.9 Å². The van der Waals surface area contributed by atoms with Gasteiger partial charge >= 0.3 is 0 Å². The zero-order valence-electron chi connectivity index (χ0n) is 18.8. The van der Waals surface area contributed by atoms with E-state index in [1.54, 1.807) is 29.2 Å². The van der Waals surface area contributed by atoms with Crippen molar-refractivity contribution in [3.8, 4) is 5.75 Å². The third-order valence-corrected chi connectivity index (χ3v) is 6.98. The third-order valence-electron chi connectivity index (χ3n) is 5.60. The standard InChI is InChI=1S/C25H26FN3O4S/c1-2-33-24-10-6-5-9-23(24)28-15-17-29(18-16-28)25(30)21-7-3-4-8-22(21)27-34(31,32)20-13-11-19(26)12-14-20/h3-14,27H,2,15-18H2,1H3. The Kier molecular flexibility index (Phi) is 7.02. The number of nitrogens with one attached hydrogen (secondary N) is 1. The van der Waals surface area contributed by atoms with Gasteiger partial charge in [-0.3, -0.25) is 9.52 Å². The minimum absolute atomic E-state index is 0.0854. The molecule has 34 heavy (non-hydrogen) atoms. The predicted octanol–water partition coefficient (Wildman–Crippen LogP) is 3.99. The van der Waals surface area contributed by atoms with Crippen LogP contribution in [0.3, 0.4) is 0 Å². The van der Waals surface area contributed by atoms with Crippen LogP contribution in [0.1, 0.15) is 17.3 Å². The first-order valence-corrected chi connectivity index (χ1v) is 12.5. The maximum absolute atomic E-state index is 13.3. The number of hydrogen-bond donors (Lipinski definition) is 1. The highest BCUT2D eigenvalue weighted by Crippen LogP contribution is 2.29. The van der Waals surface area contributed by atoms with E-state index < -0.39 is 15.8 Å². The maximum atomic E-state index is 13.3. The summed E-state index contributed by atoms with van der Waals surface area (Å²) in [5.41, 5.74) is 1.43. The molecule has 1 fully saturated rings. The quantitative estimate of drug-likeness (QED) is 0.550. The molecule has 3 aromatic carbocycles. The molecule has 0 aromatic heterocycles. The second kappa shape index (κ2) is 10.1. The molecule has 7 nitrogen and oxygen atoms in total. The Bertz CT molecular complexity index is 1260. The summed E-state index contributed by atoms with van der Waals surface area (Å²) in [5, 5.41) is 0. The summed E-state index contributed by atoms with van der Waals surface area (Å²) >= 11 is 0. The number of piperazine rings is 1. The first-order chi connectivity index (χ1) is 16.4. The predicted molar refractivity (Wildman–Crippen MR) is 129 cm³/mol. The number of carbonyl (C=O) groups excluding carboxylic acids is 1. The third kappa shape index (κ3) is 5.14. The average molecular weight is 484 g/mol. The largest absolute Gasteiger partial charge is 0.492 e. The van der Waals surface area contributed by atoms with E-state index in [0.717, 1.165) is 23.6 Å². The van der Waals surface area contributed by atoms with Gasteiger partial charge in [-0.1, -0.05) is 24.3 Å². The summed E-state index contributed by atoms with van der Waals surface area (Å²) < 4.78 is 46.9. The number of sulfonamides is 1. The van der Waals surface area contributed by atoms with Crippen molar-refractivity contribution in [3.63, 3.8) is 0 Å². The molecule has 1 N–H and O–H groups in total. The number of nitrogens with zero attached hydrogens (tertiary/aromatic N) is 2. The number of anilines is 2. The van der Waals surface area contributed by atoms with Gasteiger partial charge in [0.15, 0.2) is 0 Å². The molecule has 4 rings (SSSR count). The molecule has 1 aliphatic rings. The van der Waals surface area contributed by atoms with E-state index in [4.69, 9.17) is 4.74 Å². The molecule has 3 aromatic rings. The molecular formula is C25H26FN3O4S. The highest BCUT2D eigenvalue weighted by molar-refractivity contribution is 7.92. The lowest BCUT2D eigenvalue weighted by molar-refractivity contribution is 0.0747. The molecule has 0 aliphatic carbocycles. The molecule has 9 heteroatoms. The fourth-order valence-corrected chi connectivity index (χ4v) is 4.97. The van der Waals surface area contributed by atoms with Crippen LogP contribution in [0, 0.1) is 5.82 Å². The van der Waals surface area contributed by atoms with Crippen LogP contribution in [0.4, 0.5) is 15.8 Å². The van der Waals surface area contributed by atoms with Gasteiger partial charge < -0.3 is 14.5 Å². The van der Waals surface area contributed by atoms with Crippen molar-refractivity contribution < 1.29 is 22.3 Å². The molecular weight excluding hydrogens is 457 g/mol. The first kappa shape index (κ1) is 23.6. The van der Waals surface area contributed by atoms with Crippen LogP contribution in [-0.2, 0) is 10.0 Å². The lowest BCUT2D eigenvalue weighted by atomic mass is 10.1. The first-order valence-electron chi connectivity index (χ1n) is 11.0. The van der Waals surface area contributed by atoms with Gasteiger partial charge in [0.05, 0.1) is 28.4 Å². The fourth-order valence-electron chi connectivity index (χ4n) is 3.89. The number of rotatable bonds is 7. The monoisotopic (exact) mass is 483 g/mol. The van der Waals surface area contributed by atoms with Crippen LogP contribution in [0.2, 0.25) is 0 Å². The van der Waals surface area contributed by atoms with E-state index in [0.29, 0.717) is 32.8 Å². The highest BCUT2D eigenvalue weighted by atomic mass is 32.2. The summed E-state index contributed by atoms with van der Waals surface area (Å²) in [6.45, 7) is 4.73. The molecule has 0 bridgehead atoms. The molecule has 1 aliphatic heterocycles. The number of amides is 1. The normalized spacial score (nSPS) is 14.1. The molecule has 1 saturated heterocycles. The van der Waals surface area contributed by atoms with Crippen LogP contribution in [0.15, 0.2) is 77.7 Å². The molecule has 0 atom stereocenters. The highest BCUT2D eigenvalue weighted by Gasteiger charge is 2.26. The molecule has 0 saturated carbocycles. The van der Waals surface area contributed by atoms with E-state index in [-0.39, 0.29) is 22.1 Å². The van der Waals surface area contributed by atoms with E-state index >= 15 is 0 Å². The number of carbonyl (C=O) groups is 1. The zero-order valence-corrected chi connectivity index (χ0v) is 19.6. The van der Waals surface area contributed by atoms with Crippen LogP contribution >= 0.6 is 0 Å². The van der Waals surface area contributed by atoms with Crippen molar-refractivity contribution in [2.45, 2.75) is 11.8 Å². The molecule has 1 heterocycles. The SMILES string of the molecule is CCOc1ccccc1N1CCN(C(=O)c2ccccc2NS(=O)(=O)c2ccc(F)cc2)CC1. The smallest absolute Gasteiger partial charge is 0.261 e. The Morgan fingerprint density at radius 1 is 0.941 bits per heavy atom. The molecule has 1 amide bonds. The Labute approximate surface area is 198 Å². The summed E-state index contributed by atoms with van der Waals surface area (Å²) in [7, 11) is -3.98. The van der Waals surface area contributed by atoms with Crippen LogP contribution in [-0.4, -0.2) is 52.0 Å². The van der Waals surface area contributed by atoms with Crippen LogP contribution in [0.25, 0.3) is 0 Å². The van der Waals surface area contributed by atoms with Gasteiger partial charge in [0.2, 0.25) is 0 Å². The molecule has 0 radical (unpaired) electrons. The topological polar surface area (TPSA) is 79.0 Å². The van der Waals surface area contributed by atoms with Crippen LogP contribution < -0.4 is 14.4 Å². The van der Waals surface area contributed by atoms with Gasteiger partial charge in [-0.25, -0.2) is 12.8 Å². The van der Waals surface area contributed by atoms with E-state index in [9.17, 15) is 17.6 Å². The maximum Gasteiger partial charge on any atom is 0.261 e. The Balaban J connectivity index is 1.48. The van der Waals surface area contributed by atoms with Crippen molar-refractivity contribution in [2.75, 3.05) is 42.4 Å². The van der Waals surface area contributed by atoms with Gasteiger partial charge in [0, 0.05) is 26.2 Å². The lowest BCUT2D eigenvalue weighted by Crippen LogP contribution is -2.49. The number of benzene rings is 3. The summed E-state index contributed by atoms with van der Waals surface area (Å²) in [6, 6.07) is 18.8. The number of halogens is 1. The van der Waals surface area contributed by atoms with E-state index in [1.807, 2.05) is 31.2 Å². The summed E-state index contributed by atoms with van der Waals surface area (Å²) in [5.74, 6) is 0.0259. The Morgan fingerprint density at radius 3 is 2.29 bits per heavy atom. The summed E-state index contributed by atoms with van der Waals surface area (Å²) in [4.78, 5) is 17.1. The second-order valence-electron chi connectivity index (χ2n) is 7.78. The van der Waals surface area contributed by atoms with Crippen molar-refractivity contribution in [1.29, 1.82) is 0 Å².